The molecule has 0 saturated carbocycles. The van der Waals surface area contributed by atoms with Crippen LogP contribution in [0.15, 0.2) is 24.3 Å². The lowest BCUT2D eigenvalue weighted by Gasteiger charge is -2.38. The average Bonchev–Trinajstić information content (AvgIpc) is 2.35. The molecular formula is C15H24N2O2S. The number of hydrogen-bond acceptors (Lipinski definition) is 2. The Bertz CT molecular complexity index is 567. The van der Waals surface area contributed by atoms with Gasteiger partial charge in [-0.1, -0.05) is 38.1 Å². The summed E-state index contributed by atoms with van der Waals surface area (Å²) in [5.74, 6) is 0.236. The van der Waals surface area contributed by atoms with Crippen LogP contribution in [0, 0.1) is 5.92 Å². The fourth-order valence-corrected chi connectivity index (χ4v) is 4.62. The zero-order valence-corrected chi connectivity index (χ0v) is 13.4. The molecule has 4 nitrogen and oxygen atoms in total. The van der Waals surface area contributed by atoms with Gasteiger partial charge in [-0.2, -0.15) is 17.4 Å². The van der Waals surface area contributed by atoms with Gasteiger partial charge in [0.1, 0.15) is 0 Å². The van der Waals surface area contributed by atoms with E-state index >= 15 is 0 Å². The van der Waals surface area contributed by atoms with Crippen molar-refractivity contribution >= 4 is 10.2 Å². The Balaban J connectivity index is 2.41. The van der Waals surface area contributed by atoms with Crippen molar-refractivity contribution in [2.75, 3.05) is 6.54 Å². The maximum absolute atomic E-state index is 12.5. The lowest BCUT2D eigenvalue weighted by atomic mass is 9.88. The minimum atomic E-state index is -3.44. The molecule has 0 aliphatic carbocycles. The van der Waals surface area contributed by atoms with Gasteiger partial charge >= 0.3 is 0 Å². The Kier molecular flexibility index (Phi) is 4.52. The number of nitrogens with one attached hydrogen (secondary N) is 1. The van der Waals surface area contributed by atoms with E-state index < -0.39 is 10.2 Å². The first-order chi connectivity index (χ1) is 9.33. The van der Waals surface area contributed by atoms with Gasteiger partial charge in [0.2, 0.25) is 0 Å². The highest BCUT2D eigenvalue weighted by molar-refractivity contribution is 7.87. The summed E-state index contributed by atoms with van der Waals surface area (Å²) >= 11 is 0. The molecule has 112 valence electrons. The quantitative estimate of drug-likeness (QED) is 0.928. The van der Waals surface area contributed by atoms with Gasteiger partial charge in [-0.15, -0.1) is 0 Å². The van der Waals surface area contributed by atoms with Crippen molar-refractivity contribution in [3.63, 3.8) is 0 Å². The molecule has 1 unspecified atom stereocenters. The van der Waals surface area contributed by atoms with E-state index in [9.17, 15) is 8.42 Å². The highest BCUT2D eigenvalue weighted by Gasteiger charge is 2.37. The molecule has 20 heavy (non-hydrogen) atoms. The standard InChI is InChI=1S/C15H24N2O2S/c1-11(2)15-14-8-6-5-7-13(14)9-10-17(15)20(18,19)16-12(3)4/h5-8,11-12,15-16H,9-10H2,1-4H3. The SMILES string of the molecule is CC(C)NS(=O)(=O)N1CCc2ccccc2C1C(C)C. The third-order valence-electron chi connectivity index (χ3n) is 3.61. The van der Waals surface area contributed by atoms with Gasteiger partial charge < -0.3 is 0 Å². The van der Waals surface area contributed by atoms with Crippen LogP contribution in [0.4, 0.5) is 0 Å². The Labute approximate surface area is 122 Å². The van der Waals surface area contributed by atoms with E-state index in [0.29, 0.717) is 6.54 Å². The first-order valence-corrected chi connectivity index (χ1v) is 8.64. The van der Waals surface area contributed by atoms with Crippen molar-refractivity contribution in [1.82, 2.24) is 9.03 Å². The molecule has 2 rings (SSSR count). The minimum absolute atomic E-state index is 0.0869. The Morgan fingerprint density at radius 3 is 2.45 bits per heavy atom. The van der Waals surface area contributed by atoms with E-state index in [1.807, 2.05) is 26.0 Å². The van der Waals surface area contributed by atoms with Gasteiger partial charge in [-0.25, -0.2) is 0 Å². The van der Waals surface area contributed by atoms with Gasteiger partial charge in [-0.05, 0) is 37.3 Å². The summed E-state index contributed by atoms with van der Waals surface area (Å²) in [6.45, 7) is 8.39. The first kappa shape index (κ1) is 15.5. The monoisotopic (exact) mass is 296 g/mol. The molecule has 1 aliphatic rings. The van der Waals surface area contributed by atoms with Crippen LogP contribution >= 0.6 is 0 Å². The summed E-state index contributed by atoms with van der Waals surface area (Å²) in [6, 6.07) is 7.98. The number of hydrogen-bond donors (Lipinski definition) is 1. The van der Waals surface area contributed by atoms with Crippen molar-refractivity contribution in [3.05, 3.63) is 35.4 Å². The van der Waals surface area contributed by atoms with E-state index in [4.69, 9.17) is 0 Å². The molecule has 0 fully saturated rings. The second-order valence-electron chi connectivity index (χ2n) is 6.03. The molecule has 0 spiro atoms. The summed E-state index contributed by atoms with van der Waals surface area (Å²) in [5, 5.41) is 0. The molecule has 0 saturated heterocycles. The summed E-state index contributed by atoms with van der Waals surface area (Å²) < 4.78 is 29.4. The van der Waals surface area contributed by atoms with E-state index in [-0.39, 0.29) is 18.0 Å². The van der Waals surface area contributed by atoms with Crippen LogP contribution in [0.3, 0.4) is 0 Å². The maximum Gasteiger partial charge on any atom is 0.280 e. The molecule has 0 radical (unpaired) electrons. The van der Waals surface area contributed by atoms with Gasteiger partial charge in [0.25, 0.3) is 10.2 Å². The minimum Gasteiger partial charge on any atom is -0.200 e. The summed E-state index contributed by atoms with van der Waals surface area (Å²) in [7, 11) is -3.44. The largest absolute Gasteiger partial charge is 0.280 e. The average molecular weight is 296 g/mol. The van der Waals surface area contributed by atoms with Gasteiger partial charge in [-0.3, -0.25) is 0 Å². The van der Waals surface area contributed by atoms with Crippen LogP contribution in [-0.2, 0) is 16.6 Å². The Morgan fingerprint density at radius 2 is 1.85 bits per heavy atom. The summed E-state index contributed by atoms with van der Waals surface area (Å²) in [5.41, 5.74) is 2.41. The molecule has 1 aromatic rings. The molecule has 0 amide bonds. The molecule has 1 heterocycles. The number of nitrogens with zero attached hydrogens (tertiary/aromatic N) is 1. The predicted molar refractivity (Wildman–Crippen MR) is 81.6 cm³/mol. The van der Waals surface area contributed by atoms with Crippen molar-refractivity contribution < 1.29 is 8.42 Å². The van der Waals surface area contributed by atoms with E-state index in [1.165, 1.54) is 5.56 Å². The topological polar surface area (TPSA) is 49.4 Å². The van der Waals surface area contributed by atoms with Crippen LogP contribution in [0.1, 0.15) is 44.9 Å². The van der Waals surface area contributed by atoms with Crippen LogP contribution in [0.2, 0.25) is 0 Å². The molecule has 0 bridgehead atoms. The number of rotatable bonds is 4. The zero-order chi connectivity index (χ0) is 14.9. The number of benzene rings is 1. The van der Waals surface area contributed by atoms with Crippen LogP contribution in [0.25, 0.3) is 0 Å². The van der Waals surface area contributed by atoms with E-state index in [1.54, 1.807) is 4.31 Å². The van der Waals surface area contributed by atoms with Crippen LogP contribution in [0.5, 0.6) is 0 Å². The van der Waals surface area contributed by atoms with E-state index in [2.05, 4.69) is 30.7 Å². The van der Waals surface area contributed by atoms with Gasteiger partial charge in [0.05, 0.1) is 6.04 Å². The molecule has 5 heteroatoms. The Hall–Kier alpha value is -0.910. The highest BCUT2D eigenvalue weighted by Crippen LogP contribution is 2.36. The second-order valence-corrected chi connectivity index (χ2v) is 7.68. The second kappa shape index (κ2) is 5.84. The van der Waals surface area contributed by atoms with Crippen LogP contribution < -0.4 is 4.72 Å². The van der Waals surface area contributed by atoms with Crippen molar-refractivity contribution in [1.29, 1.82) is 0 Å². The van der Waals surface area contributed by atoms with E-state index in [0.717, 1.165) is 12.0 Å². The molecular weight excluding hydrogens is 272 g/mol. The Morgan fingerprint density at radius 1 is 1.20 bits per heavy atom. The molecule has 1 atom stereocenters. The third-order valence-corrected chi connectivity index (χ3v) is 5.41. The molecule has 0 aromatic heterocycles. The summed E-state index contributed by atoms with van der Waals surface area (Å²) in [6.07, 6.45) is 0.776. The fourth-order valence-electron chi connectivity index (χ4n) is 2.90. The lowest BCUT2D eigenvalue weighted by Crippen LogP contribution is -2.49. The molecule has 1 N–H and O–H groups in total. The third kappa shape index (κ3) is 3.05. The normalized spacial score (nSPS) is 20.4. The highest BCUT2D eigenvalue weighted by atomic mass is 32.2. The van der Waals surface area contributed by atoms with Crippen molar-refractivity contribution in [3.8, 4) is 0 Å². The maximum atomic E-state index is 12.5. The lowest BCUT2D eigenvalue weighted by molar-refractivity contribution is 0.244. The first-order valence-electron chi connectivity index (χ1n) is 7.20. The molecule has 1 aliphatic heterocycles. The predicted octanol–water partition coefficient (Wildman–Crippen LogP) is 2.48. The smallest absolute Gasteiger partial charge is 0.200 e. The number of fused-ring (bicyclic) bond motifs is 1. The van der Waals surface area contributed by atoms with Crippen LogP contribution in [-0.4, -0.2) is 25.3 Å². The van der Waals surface area contributed by atoms with Gasteiger partial charge in [0.15, 0.2) is 0 Å². The van der Waals surface area contributed by atoms with Gasteiger partial charge in [0, 0.05) is 12.6 Å². The summed E-state index contributed by atoms with van der Waals surface area (Å²) in [4.78, 5) is 0. The fraction of sp³-hybridized carbons (Fsp3) is 0.600. The zero-order valence-electron chi connectivity index (χ0n) is 12.6. The van der Waals surface area contributed by atoms with Crippen molar-refractivity contribution in [2.24, 2.45) is 5.92 Å². The molecule has 1 aromatic carbocycles. The van der Waals surface area contributed by atoms with Crippen molar-refractivity contribution in [2.45, 2.75) is 46.2 Å².